The molecule has 0 atom stereocenters. The number of aromatic nitrogens is 1. The Bertz CT molecular complexity index is 1310. The predicted molar refractivity (Wildman–Crippen MR) is 116 cm³/mol. The van der Waals surface area contributed by atoms with Crippen LogP contribution < -0.4 is 10.1 Å². The number of halogens is 6. The number of ether oxygens (including phenoxy) is 3. The SMILES string of the molecule is CCOC(=O)C(=O)Nc1cc(C(F)(F)F)c(Oc2ccc3[nH]cc(CC(=O)OC)c3c2)c(C(F)(F)F)c1. The van der Waals surface area contributed by atoms with Gasteiger partial charge < -0.3 is 24.5 Å². The Labute approximate surface area is 204 Å². The lowest BCUT2D eigenvalue weighted by atomic mass is 10.1. The zero-order valence-electron chi connectivity index (χ0n) is 19.1. The van der Waals surface area contributed by atoms with Gasteiger partial charge in [-0.05, 0) is 42.8 Å². The van der Waals surface area contributed by atoms with Gasteiger partial charge in [0.05, 0.1) is 20.1 Å². The van der Waals surface area contributed by atoms with E-state index in [1.54, 1.807) is 5.32 Å². The highest BCUT2D eigenvalue weighted by Crippen LogP contribution is 2.47. The Morgan fingerprint density at radius 2 is 1.59 bits per heavy atom. The van der Waals surface area contributed by atoms with Gasteiger partial charge in [0.15, 0.2) is 5.75 Å². The molecule has 1 amide bonds. The number of hydrogen-bond donors (Lipinski definition) is 2. The molecule has 2 N–H and O–H groups in total. The van der Waals surface area contributed by atoms with Gasteiger partial charge >= 0.3 is 30.2 Å². The molecule has 198 valence electrons. The Morgan fingerprint density at radius 1 is 0.973 bits per heavy atom. The molecule has 1 heterocycles. The van der Waals surface area contributed by atoms with Crippen LogP contribution in [-0.2, 0) is 42.6 Å². The third-order valence-corrected chi connectivity index (χ3v) is 4.94. The first-order chi connectivity index (χ1) is 17.2. The molecule has 1 aromatic heterocycles. The topological polar surface area (TPSA) is 107 Å². The van der Waals surface area contributed by atoms with Crippen molar-refractivity contribution in [2.45, 2.75) is 25.7 Å². The van der Waals surface area contributed by atoms with Gasteiger partial charge in [-0.3, -0.25) is 9.59 Å². The van der Waals surface area contributed by atoms with E-state index in [4.69, 9.17) is 4.74 Å². The first kappa shape index (κ1) is 27.4. The van der Waals surface area contributed by atoms with Crippen LogP contribution in [0, 0.1) is 0 Å². The number of fused-ring (bicyclic) bond motifs is 1. The number of rotatable bonds is 6. The molecule has 0 radical (unpaired) electrons. The highest BCUT2D eigenvalue weighted by atomic mass is 19.4. The summed E-state index contributed by atoms with van der Waals surface area (Å²) in [5.74, 6) is -5.64. The zero-order chi connectivity index (χ0) is 27.5. The first-order valence-corrected chi connectivity index (χ1v) is 10.4. The maximum atomic E-state index is 13.9. The van der Waals surface area contributed by atoms with E-state index in [2.05, 4.69) is 14.5 Å². The quantitative estimate of drug-likeness (QED) is 0.256. The van der Waals surface area contributed by atoms with E-state index < -0.39 is 58.5 Å². The van der Waals surface area contributed by atoms with Crippen LogP contribution in [0.2, 0.25) is 0 Å². The number of aromatic amines is 1. The van der Waals surface area contributed by atoms with Gasteiger partial charge in [-0.25, -0.2) is 4.79 Å². The van der Waals surface area contributed by atoms with Crippen molar-refractivity contribution in [2.75, 3.05) is 19.0 Å². The number of benzene rings is 2. The number of anilines is 1. The fourth-order valence-electron chi connectivity index (χ4n) is 3.32. The van der Waals surface area contributed by atoms with Crippen LogP contribution in [0.15, 0.2) is 36.5 Å². The molecule has 37 heavy (non-hydrogen) atoms. The number of methoxy groups -OCH3 is 1. The van der Waals surface area contributed by atoms with Gasteiger partial charge in [-0.15, -0.1) is 0 Å². The predicted octanol–water partition coefficient (Wildman–Crippen LogP) is 5.21. The third kappa shape index (κ3) is 6.32. The molecule has 0 spiro atoms. The molecular weight excluding hydrogens is 514 g/mol. The van der Waals surface area contributed by atoms with E-state index in [1.807, 2.05) is 0 Å². The van der Waals surface area contributed by atoms with E-state index in [1.165, 1.54) is 25.3 Å². The fourth-order valence-corrected chi connectivity index (χ4v) is 3.32. The highest BCUT2D eigenvalue weighted by Gasteiger charge is 2.43. The Kier molecular flexibility index (Phi) is 7.69. The minimum atomic E-state index is -5.35. The number of amides is 1. The van der Waals surface area contributed by atoms with E-state index in [9.17, 15) is 40.7 Å². The summed E-state index contributed by atoms with van der Waals surface area (Å²) in [6.45, 7) is 1.11. The molecule has 2 aromatic carbocycles. The molecule has 0 saturated heterocycles. The van der Waals surface area contributed by atoms with Crippen molar-refractivity contribution in [1.29, 1.82) is 0 Å². The standard InChI is InChI=1S/C23H18F6N2O6/c1-3-36-21(34)20(33)31-12-7-15(22(24,25)26)19(16(8-12)23(27,28)29)37-13-4-5-17-14(9-13)11(10-30-17)6-18(32)35-2/h4-5,7-10,30H,3,6H2,1-2H3,(H,31,33). The van der Waals surface area contributed by atoms with Gasteiger partial charge in [-0.2, -0.15) is 26.3 Å². The lowest BCUT2D eigenvalue weighted by Gasteiger charge is -2.21. The second-order valence-electron chi connectivity index (χ2n) is 7.45. The molecule has 0 saturated carbocycles. The number of alkyl halides is 6. The van der Waals surface area contributed by atoms with Crippen molar-refractivity contribution >= 4 is 34.4 Å². The molecular formula is C23H18F6N2O6. The van der Waals surface area contributed by atoms with E-state index in [0.717, 1.165) is 13.2 Å². The van der Waals surface area contributed by atoms with Gasteiger partial charge in [-0.1, -0.05) is 0 Å². The summed E-state index contributed by atoms with van der Waals surface area (Å²) in [6, 6.07) is 4.07. The van der Waals surface area contributed by atoms with E-state index in [-0.39, 0.29) is 25.2 Å². The number of carbonyl (C=O) groups is 3. The average Bonchev–Trinajstić information content (AvgIpc) is 3.20. The fraction of sp³-hybridized carbons (Fsp3) is 0.261. The van der Waals surface area contributed by atoms with Crippen LogP contribution in [0.3, 0.4) is 0 Å². The number of hydrogen-bond acceptors (Lipinski definition) is 6. The monoisotopic (exact) mass is 532 g/mol. The van der Waals surface area contributed by atoms with Crippen molar-refractivity contribution in [2.24, 2.45) is 0 Å². The normalized spacial score (nSPS) is 11.8. The number of H-pyrrole nitrogens is 1. The summed E-state index contributed by atoms with van der Waals surface area (Å²) in [7, 11) is 1.15. The summed E-state index contributed by atoms with van der Waals surface area (Å²) in [4.78, 5) is 37.7. The molecule has 3 rings (SSSR count). The summed E-state index contributed by atoms with van der Waals surface area (Å²) in [5.41, 5.74) is -3.85. The summed E-state index contributed by atoms with van der Waals surface area (Å²) in [6.07, 6.45) is -9.48. The minimum Gasteiger partial charge on any atom is -0.469 e. The van der Waals surface area contributed by atoms with Gasteiger partial charge in [0, 0.05) is 22.8 Å². The van der Waals surface area contributed by atoms with Crippen LogP contribution >= 0.6 is 0 Å². The highest BCUT2D eigenvalue weighted by molar-refractivity contribution is 6.37. The smallest absolute Gasteiger partial charge is 0.420 e. The molecule has 0 unspecified atom stereocenters. The van der Waals surface area contributed by atoms with Crippen LogP contribution in [0.1, 0.15) is 23.6 Å². The molecule has 0 aliphatic carbocycles. The first-order valence-electron chi connectivity index (χ1n) is 10.4. The summed E-state index contributed by atoms with van der Waals surface area (Å²) >= 11 is 0. The van der Waals surface area contributed by atoms with Crippen molar-refractivity contribution in [3.63, 3.8) is 0 Å². The maximum absolute atomic E-state index is 13.9. The molecule has 0 bridgehead atoms. The molecule has 8 nitrogen and oxygen atoms in total. The van der Waals surface area contributed by atoms with Crippen LogP contribution in [0.25, 0.3) is 10.9 Å². The van der Waals surface area contributed by atoms with Crippen LogP contribution in [0.5, 0.6) is 11.5 Å². The zero-order valence-corrected chi connectivity index (χ0v) is 19.1. The van der Waals surface area contributed by atoms with Crippen molar-refractivity contribution in [1.82, 2.24) is 4.98 Å². The van der Waals surface area contributed by atoms with Crippen molar-refractivity contribution in [3.8, 4) is 11.5 Å². The minimum absolute atomic E-state index is 0.208. The molecule has 3 aromatic rings. The summed E-state index contributed by atoms with van der Waals surface area (Å²) < 4.78 is 97.2. The largest absolute Gasteiger partial charge is 0.469 e. The van der Waals surface area contributed by atoms with Crippen molar-refractivity contribution < 1.29 is 54.9 Å². The molecule has 0 aliphatic heterocycles. The third-order valence-electron chi connectivity index (χ3n) is 4.94. The second-order valence-corrected chi connectivity index (χ2v) is 7.45. The van der Waals surface area contributed by atoms with Crippen LogP contribution in [-0.4, -0.2) is 36.5 Å². The maximum Gasteiger partial charge on any atom is 0.420 e. The Morgan fingerprint density at radius 3 is 2.14 bits per heavy atom. The van der Waals surface area contributed by atoms with E-state index >= 15 is 0 Å². The molecule has 0 aliphatic rings. The Balaban J connectivity index is 2.11. The Hall–Kier alpha value is -4.23. The second kappa shape index (κ2) is 10.4. The molecule has 14 heteroatoms. The number of esters is 2. The van der Waals surface area contributed by atoms with Gasteiger partial charge in [0.1, 0.15) is 16.9 Å². The average molecular weight is 532 g/mol. The number of carbonyl (C=O) groups excluding carboxylic acids is 3. The summed E-state index contributed by atoms with van der Waals surface area (Å²) in [5, 5.41) is 1.99. The lowest BCUT2D eigenvalue weighted by molar-refractivity contribution is -0.152. The van der Waals surface area contributed by atoms with Gasteiger partial charge in [0.2, 0.25) is 0 Å². The van der Waals surface area contributed by atoms with Crippen LogP contribution in [0.4, 0.5) is 32.0 Å². The van der Waals surface area contributed by atoms with E-state index in [0.29, 0.717) is 16.5 Å². The lowest BCUT2D eigenvalue weighted by Crippen LogP contribution is -2.25. The van der Waals surface area contributed by atoms with Crippen molar-refractivity contribution in [3.05, 3.63) is 53.2 Å². The van der Waals surface area contributed by atoms with Gasteiger partial charge in [0.25, 0.3) is 0 Å². The molecule has 0 fully saturated rings. The number of nitrogens with one attached hydrogen (secondary N) is 2.